The number of aromatic carboxylic acids is 1. The Morgan fingerprint density at radius 1 is 1.08 bits per heavy atom. The summed E-state index contributed by atoms with van der Waals surface area (Å²) in [5, 5.41) is 10.1. The number of nitrogens with zero attached hydrogens (tertiary/aromatic N) is 2. The number of carbonyl (C=O) groups excluding carboxylic acids is 1. The summed E-state index contributed by atoms with van der Waals surface area (Å²) in [4.78, 5) is 31.8. The summed E-state index contributed by atoms with van der Waals surface area (Å²) in [5.74, 6) is 6.02. The molecule has 3 aliphatic rings. The lowest BCUT2D eigenvalue weighted by Crippen LogP contribution is -2.52. The fourth-order valence-electron chi connectivity index (χ4n) is 6.23. The SMILES string of the molecule is COP1(=O)CCC(N2CCC(N(C(=O)C3CCC(C)CC3)c3cc(C#CC(C)(C)C)sc3C(=O)O)CC2)CC1. The number of piperidine rings is 1. The Morgan fingerprint density at radius 3 is 2.23 bits per heavy atom. The van der Waals surface area contributed by atoms with E-state index in [2.05, 4.69) is 23.7 Å². The second-order valence-corrected chi connectivity index (χ2v) is 16.7. The van der Waals surface area contributed by atoms with Crippen molar-refractivity contribution in [3.8, 4) is 11.8 Å². The highest BCUT2D eigenvalue weighted by atomic mass is 32.1. The molecule has 2 aliphatic heterocycles. The van der Waals surface area contributed by atoms with Gasteiger partial charge in [-0.05, 0) is 84.1 Å². The average Bonchev–Trinajstić information content (AvgIpc) is 3.33. The minimum Gasteiger partial charge on any atom is -0.477 e. The van der Waals surface area contributed by atoms with Gasteiger partial charge in [-0.1, -0.05) is 18.8 Å². The number of likely N-dealkylation sites (tertiary alicyclic amines) is 1. The molecule has 0 spiro atoms. The van der Waals surface area contributed by atoms with Crippen molar-refractivity contribution in [1.29, 1.82) is 0 Å². The standard InChI is InChI=1S/C30H45N2O5PS/c1-21-6-8-22(9-7-21)28(33)32(26-20-25(10-15-30(2,3)4)39-27(26)29(34)35)24-11-16-31(17-12-24)23-13-18-38(36,37-5)19-14-23/h20-24H,6-9,11-14,16-19H2,1-5H3,(H,34,35). The Hall–Kier alpha value is -1.65. The molecule has 3 heterocycles. The van der Waals surface area contributed by atoms with Crippen LogP contribution >= 0.6 is 18.7 Å². The van der Waals surface area contributed by atoms with E-state index in [1.807, 2.05) is 31.7 Å². The summed E-state index contributed by atoms with van der Waals surface area (Å²) in [6.45, 7) is 10.0. The summed E-state index contributed by atoms with van der Waals surface area (Å²) in [6, 6.07) is 2.19. The third kappa shape index (κ3) is 7.55. The van der Waals surface area contributed by atoms with Crippen LogP contribution in [0.4, 0.5) is 5.69 Å². The maximum absolute atomic E-state index is 14.1. The van der Waals surface area contributed by atoms with Gasteiger partial charge in [-0.15, -0.1) is 11.3 Å². The lowest BCUT2D eigenvalue weighted by molar-refractivity contribution is -0.124. The lowest BCUT2D eigenvalue weighted by atomic mass is 9.82. The third-order valence-electron chi connectivity index (χ3n) is 8.65. The van der Waals surface area contributed by atoms with Crippen molar-refractivity contribution in [2.45, 2.75) is 91.1 Å². The first kappa shape index (κ1) is 30.3. The van der Waals surface area contributed by atoms with Gasteiger partial charge in [0, 0.05) is 55.9 Å². The van der Waals surface area contributed by atoms with E-state index >= 15 is 0 Å². The fourth-order valence-corrected chi connectivity index (χ4v) is 9.04. The van der Waals surface area contributed by atoms with Crippen molar-refractivity contribution in [3.63, 3.8) is 0 Å². The van der Waals surface area contributed by atoms with Crippen LogP contribution < -0.4 is 4.90 Å². The first-order valence-electron chi connectivity index (χ1n) is 14.5. The van der Waals surface area contributed by atoms with Gasteiger partial charge >= 0.3 is 5.97 Å². The molecule has 39 heavy (non-hydrogen) atoms. The highest BCUT2D eigenvalue weighted by molar-refractivity contribution is 7.59. The molecule has 2 saturated heterocycles. The predicted octanol–water partition coefficient (Wildman–Crippen LogP) is 6.55. The van der Waals surface area contributed by atoms with Crippen LogP contribution in [0.25, 0.3) is 0 Å². The number of amides is 1. The topological polar surface area (TPSA) is 87.2 Å². The summed E-state index contributed by atoms with van der Waals surface area (Å²) in [5.41, 5.74) is 0.316. The molecule has 1 saturated carbocycles. The Bertz CT molecular complexity index is 1130. The quantitative estimate of drug-likeness (QED) is 0.305. The molecule has 0 radical (unpaired) electrons. The zero-order chi connectivity index (χ0) is 28.4. The average molecular weight is 577 g/mol. The van der Waals surface area contributed by atoms with Crippen LogP contribution in [-0.2, 0) is 13.9 Å². The Labute approximate surface area is 238 Å². The molecule has 216 valence electrons. The number of carboxylic acid groups (broad SMARTS) is 1. The van der Waals surface area contributed by atoms with E-state index in [1.54, 1.807) is 7.11 Å². The van der Waals surface area contributed by atoms with E-state index in [0.29, 0.717) is 34.8 Å². The second kappa shape index (κ2) is 12.5. The summed E-state index contributed by atoms with van der Waals surface area (Å²) < 4.78 is 17.9. The van der Waals surface area contributed by atoms with Gasteiger partial charge in [-0.2, -0.15) is 0 Å². The Kier molecular flexibility index (Phi) is 9.69. The monoisotopic (exact) mass is 576 g/mol. The van der Waals surface area contributed by atoms with Crippen LogP contribution in [-0.4, -0.2) is 66.5 Å². The van der Waals surface area contributed by atoms with E-state index in [0.717, 1.165) is 64.5 Å². The zero-order valence-electron chi connectivity index (χ0n) is 24.2. The molecule has 1 aromatic heterocycles. The van der Waals surface area contributed by atoms with E-state index in [-0.39, 0.29) is 28.2 Å². The van der Waals surface area contributed by atoms with Gasteiger partial charge in [0.2, 0.25) is 13.3 Å². The van der Waals surface area contributed by atoms with E-state index < -0.39 is 13.3 Å². The van der Waals surface area contributed by atoms with E-state index in [4.69, 9.17) is 4.52 Å². The molecular formula is C30H45N2O5PS. The first-order valence-corrected chi connectivity index (χ1v) is 17.3. The molecule has 0 unspecified atom stereocenters. The molecule has 9 heteroatoms. The highest BCUT2D eigenvalue weighted by Crippen LogP contribution is 2.51. The molecule has 4 rings (SSSR count). The molecule has 1 aromatic rings. The molecule has 1 N–H and O–H groups in total. The number of rotatable bonds is 6. The molecule has 3 fully saturated rings. The smallest absolute Gasteiger partial charge is 0.348 e. The van der Waals surface area contributed by atoms with E-state index in [1.165, 1.54) is 11.3 Å². The van der Waals surface area contributed by atoms with Gasteiger partial charge in [0.1, 0.15) is 4.88 Å². The molecule has 7 nitrogen and oxygen atoms in total. The summed E-state index contributed by atoms with van der Waals surface area (Å²) in [6.07, 6.45) is 8.41. The van der Waals surface area contributed by atoms with Gasteiger partial charge in [-0.25, -0.2) is 4.79 Å². The van der Waals surface area contributed by atoms with Crippen molar-refractivity contribution in [2.75, 3.05) is 37.4 Å². The van der Waals surface area contributed by atoms with Crippen molar-refractivity contribution < 1.29 is 23.8 Å². The molecule has 1 aliphatic carbocycles. The van der Waals surface area contributed by atoms with Gasteiger partial charge in [0.15, 0.2) is 0 Å². The minimum absolute atomic E-state index is 0.0436. The second-order valence-electron chi connectivity index (χ2n) is 12.7. The number of thiophene rings is 1. The number of anilines is 1. The molecule has 0 atom stereocenters. The largest absolute Gasteiger partial charge is 0.477 e. The maximum atomic E-state index is 14.1. The number of carboxylic acids is 1. The molecule has 1 amide bonds. The van der Waals surface area contributed by atoms with Gasteiger partial charge in [-0.3, -0.25) is 9.36 Å². The third-order valence-corrected chi connectivity index (χ3v) is 12.2. The van der Waals surface area contributed by atoms with Crippen LogP contribution in [0, 0.1) is 29.1 Å². The van der Waals surface area contributed by atoms with Gasteiger partial charge < -0.3 is 19.4 Å². The molecular weight excluding hydrogens is 531 g/mol. The van der Waals surface area contributed by atoms with Crippen LogP contribution in [0.2, 0.25) is 0 Å². The van der Waals surface area contributed by atoms with Gasteiger partial charge in [0.05, 0.1) is 10.6 Å². The van der Waals surface area contributed by atoms with Crippen molar-refractivity contribution in [1.82, 2.24) is 4.90 Å². The minimum atomic E-state index is -2.46. The van der Waals surface area contributed by atoms with Crippen LogP contribution in [0.3, 0.4) is 0 Å². The van der Waals surface area contributed by atoms with Crippen molar-refractivity contribution in [2.24, 2.45) is 17.3 Å². The van der Waals surface area contributed by atoms with Crippen LogP contribution in [0.5, 0.6) is 0 Å². The van der Waals surface area contributed by atoms with Crippen molar-refractivity contribution >= 4 is 36.3 Å². The summed E-state index contributed by atoms with van der Waals surface area (Å²) in [7, 11) is -0.902. The Balaban J connectivity index is 1.58. The van der Waals surface area contributed by atoms with Crippen LogP contribution in [0.15, 0.2) is 6.07 Å². The summed E-state index contributed by atoms with van der Waals surface area (Å²) >= 11 is 1.17. The maximum Gasteiger partial charge on any atom is 0.348 e. The number of hydrogen-bond donors (Lipinski definition) is 1. The Morgan fingerprint density at radius 2 is 1.69 bits per heavy atom. The van der Waals surface area contributed by atoms with Crippen LogP contribution in [0.1, 0.15) is 93.6 Å². The zero-order valence-corrected chi connectivity index (χ0v) is 25.9. The van der Waals surface area contributed by atoms with E-state index in [9.17, 15) is 19.3 Å². The predicted molar refractivity (Wildman–Crippen MR) is 158 cm³/mol. The van der Waals surface area contributed by atoms with Gasteiger partial charge in [0.25, 0.3) is 0 Å². The number of hydrogen-bond acceptors (Lipinski definition) is 6. The molecule has 0 bridgehead atoms. The highest BCUT2D eigenvalue weighted by Gasteiger charge is 2.39. The molecule has 0 aromatic carbocycles. The normalized spacial score (nSPS) is 28.9. The lowest BCUT2D eigenvalue weighted by Gasteiger charge is -2.44. The fraction of sp³-hybridized carbons (Fsp3) is 0.733. The first-order chi connectivity index (χ1) is 18.4. The van der Waals surface area contributed by atoms with Crippen molar-refractivity contribution in [3.05, 3.63) is 15.8 Å². The number of carbonyl (C=O) groups is 2.